The second kappa shape index (κ2) is 6.75. The van der Waals surface area contributed by atoms with Crippen molar-refractivity contribution in [3.8, 4) is 0 Å². The Morgan fingerprint density at radius 3 is 2.48 bits per heavy atom. The minimum Gasteiger partial charge on any atom is -0.358 e. The Morgan fingerprint density at radius 1 is 1.24 bits per heavy atom. The highest BCUT2D eigenvalue weighted by Crippen LogP contribution is 2.24. The van der Waals surface area contributed by atoms with Crippen LogP contribution in [-0.2, 0) is 12.0 Å². The molecule has 0 unspecified atom stereocenters. The second-order valence-electron chi connectivity index (χ2n) is 7.14. The fourth-order valence-corrected chi connectivity index (χ4v) is 2.68. The zero-order valence-corrected chi connectivity index (χ0v) is 14.0. The number of aromatic nitrogens is 1. The Morgan fingerprint density at radius 2 is 1.90 bits per heavy atom. The predicted octanol–water partition coefficient (Wildman–Crippen LogP) is 2.37. The SMILES string of the molecule is CN(CCN1CCCC1)c1cc(CN)cc(C(C)(C)C)n1. The van der Waals surface area contributed by atoms with Gasteiger partial charge in [-0.15, -0.1) is 0 Å². The molecule has 1 aromatic rings. The summed E-state index contributed by atoms with van der Waals surface area (Å²) in [5.41, 5.74) is 8.19. The van der Waals surface area contributed by atoms with Gasteiger partial charge >= 0.3 is 0 Å². The molecule has 0 spiro atoms. The first-order valence-corrected chi connectivity index (χ1v) is 8.05. The number of likely N-dealkylation sites (N-methyl/N-ethyl adjacent to an activating group) is 1. The molecule has 4 heteroatoms. The lowest BCUT2D eigenvalue weighted by Crippen LogP contribution is -2.32. The Kier molecular flexibility index (Phi) is 5.22. The van der Waals surface area contributed by atoms with E-state index in [4.69, 9.17) is 10.7 Å². The van der Waals surface area contributed by atoms with Gasteiger partial charge < -0.3 is 15.5 Å². The molecule has 118 valence electrons. The molecule has 0 aliphatic carbocycles. The predicted molar refractivity (Wildman–Crippen MR) is 89.8 cm³/mol. The van der Waals surface area contributed by atoms with Crippen LogP contribution in [0.5, 0.6) is 0 Å². The van der Waals surface area contributed by atoms with Crippen LogP contribution in [0.3, 0.4) is 0 Å². The minimum absolute atomic E-state index is 0.0513. The molecule has 0 radical (unpaired) electrons. The number of nitrogens with zero attached hydrogens (tertiary/aromatic N) is 3. The number of pyridine rings is 1. The summed E-state index contributed by atoms with van der Waals surface area (Å²) in [7, 11) is 2.13. The van der Waals surface area contributed by atoms with Crippen molar-refractivity contribution in [2.24, 2.45) is 5.73 Å². The highest BCUT2D eigenvalue weighted by atomic mass is 15.2. The van der Waals surface area contributed by atoms with E-state index >= 15 is 0 Å². The Hall–Kier alpha value is -1.13. The molecule has 1 fully saturated rings. The summed E-state index contributed by atoms with van der Waals surface area (Å²) >= 11 is 0. The summed E-state index contributed by atoms with van der Waals surface area (Å²) in [6, 6.07) is 4.26. The van der Waals surface area contributed by atoms with Crippen LogP contribution in [0, 0.1) is 0 Å². The van der Waals surface area contributed by atoms with E-state index < -0.39 is 0 Å². The van der Waals surface area contributed by atoms with E-state index in [1.165, 1.54) is 25.9 Å². The second-order valence-corrected chi connectivity index (χ2v) is 7.14. The van der Waals surface area contributed by atoms with Gasteiger partial charge in [-0.2, -0.15) is 0 Å². The molecular formula is C17H30N4. The van der Waals surface area contributed by atoms with Crippen LogP contribution in [0.2, 0.25) is 0 Å². The molecular weight excluding hydrogens is 260 g/mol. The summed E-state index contributed by atoms with van der Waals surface area (Å²) in [4.78, 5) is 9.64. The van der Waals surface area contributed by atoms with Gasteiger partial charge in [0.1, 0.15) is 5.82 Å². The zero-order chi connectivity index (χ0) is 15.5. The number of hydrogen-bond acceptors (Lipinski definition) is 4. The summed E-state index contributed by atoms with van der Waals surface area (Å²) < 4.78 is 0. The van der Waals surface area contributed by atoms with Crippen molar-refractivity contribution in [2.45, 2.75) is 45.6 Å². The van der Waals surface area contributed by atoms with Gasteiger partial charge in [-0.3, -0.25) is 0 Å². The van der Waals surface area contributed by atoms with E-state index in [9.17, 15) is 0 Å². The standard InChI is InChI=1S/C17H30N4/c1-17(2,3)15-11-14(13-18)12-16(19-15)20(4)9-10-21-7-5-6-8-21/h11-12H,5-10,13,18H2,1-4H3. The van der Waals surface area contributed by atoms with Crippen LogP contribution in [-0.4, -0.2) is 43.1 Å². The lowest BCUT2D eigenvalue weighted by atomic mass is 9.90. The fourth-order valence-electron chi connectivity index (χ4n) is 2.68. The third kappa shape index (κ3) is 4.42. The van der Waals surface area contributed by atoms with Crippen LogP contribution in [0.4, 0.5) is 5.82 Å². The Bertz CT molecular complexity index is 458. The van der Waals surface area contributed by atoms with Gasteiger partial charge in [-0.05, 0) is 43.6 Å². The Balaban J connectivity index is 2.09. The monoisotopic (exact) mass is 290 g/mol. The normalized spacial score (nSPS) is 16.4. The molecule has 4 nitrogen and oxygen atoms in total. The maximum absolute atomic E-state index is 5.85. The fraction of sp³-hybridized carbons (Fsp3) is 0.706. The van der Waals surface area contributed by atoms with E-state index in [2.05, 4.69) is 49.8 Å². The van der Waals surface area contributed by atoms with Crippen LogP contribution in [0.1, 0.15) is 44.9 Å². The molecule has 0 amide bonds. The number of rotatable bonds is 5. The van der Waals surface area contributed by atoms with E-state index in [-0.39, 0.29) is 5.41 Å². The van der Waals surface area contributed by atoms with Crippen LogP contribution >= 0.6 is 0 Å². The average Bonchev–Trinajstić information content (AvgIpc) is 2.96. The third-order valence-electron chi connectivity index (χ3n) is 4.22. The van der Waals surface area contributed by atoms with E-state index in [0.29, 0.717) is 6.54 Å². The van der Waals surface area contributed by atoms with E-state index in [1.54, 1.807) is 0 Å². The first-order valence-electron chi connectivity index (χ1n) is 8.05. The summed E-state index contributed by atoms with van der Waals surface area (Å²) in [5.74, 6) is 1.04. The number of hydrogen-bond donors (Lipinski definition) is 1. The van der Waals surface area contributed by atoms with Gasteiger partial charge in [0.2, 0.25) is 0 Å². The molecule has 1 saturated heterocycles. The summed E-state index contributed by atoms with van der Waals surface area (Å²) in [6.07, 6.45) is 2.69. The molecule has 1 aromatic heterocycles. The van der Waals surface area contributed by atoms with Gasteiger partial charge in [0.25, 0.3) is 0 Å². The average molecular weight is 290 g/mol. The van der Waals surface area contributed by atoms with Crippen molar-refractivity contribution < 1.29 is 0 Å². The smallest absolute Gasteiger partial charge is 0.128 e. The van der Waals surface area contributed by atoms with Crippen LogP contribution in [0.15, 0.2) is 12.1 Å². The maximum Gasteiger partial charge on any atom is 0.128 e. The van der Waals surface area contributed by atoms with Gasteiger partial charge in [-0.1, -0.05) is 20.8 Å². The molecule has 2 rings (SSSR count). The highest BCUT2D eigenvalue weighted by molar-refractivity contribution is 5.43. The highest BCUT2D eigenvalue weighted by Gasteiger charge is 2.18. The molecule has 2 heterocycles. The van der Waals surface area contributed by atoms with E-state index in [0.717, 1.165) is 30.2 Å². The quantitative estimate of drug-likeness (QED) is 0.904. The lowest BCUT2D eigenvalue weighted by molar-refractivity contribution is 0.346. The van der Waals surface area contributed by atoms with Crippen molar-refractivity contribution in [1.29, 1.82) is 0 Å². The molecule has 2 N–H and O–H groups in total. The number of likely N-dealkylation sites (tertiary alicyclic amines) is 1. The van der Waals surface area contributed by atoms with Gasteiger partial charge in [-0.25, -0.2) is 4.98 Å². The van der Waals surface area contributed by atoms with Crippen molar-refractivity contribution >= 4 is 5.82 Å². The van der Waals surface area contributed by atoms with E-state index in [1.807, 2.05) is 0 Å². The third-order valence-corrected chi connectivity index (χ3v) is 4.22. The molecule has 0 atom stereocenters. The van der Waals surface area contributed by atoms with Crippen molar-refractivity contribution in [3.63, 3.8) is 0 Å². The largest absolute Gasteiger partial charge is 0.358 e. The number of anilines is 1. The van der Waals surface area contributed by atoms with Crippen LogP contribution < -0.4 is 10.6 Å². The van der Waals surface area contributed by atoms with Gasteiger partial charge in [0.15, 0.2) is 0 Å². The first-order chi connectivity index (χ1) is 9.90. The molecule has 0 saturated carbocycles. The zero-order valence-electron chi connectivity index (χ0n) is 14.0. The summed E-state index contributed by atoms with van der Waals surface area (Å²) in [5, 5.41) is 0. The van der Waals surface area contributed by atoms with Crippen molar-refractivity contribution in [1.82, 2.24) is 9.88 Å². The van der Waals surface area contributed by atoms with Gasteiger partial charge in [0, 0.05) is 37.8 Å². The first kappa shape index (κ1) is 16.2. The molecule has 0 aromatic carbocycles. The molecule has 1 aliphatic rings. The van der Waals surface area contributed by atoms with Crippen molar-refractivity contribution in [2.75, 3.05) is 38.1 Å². The van der Waals surface area contributed by atoms with Crippen molar-refractivity contribution in [3.05, 3.63) is 23.4 Å². The minimum atomic E-state index is 0.0513. The molecule has 21 heavy (non-hydrogen) atoms. The molecule has 1 aliphatic heterocycles. The topological polar surface area (TPSA) is 45.4 Å². The lowest BCUT2D eigenvalue weighted by Gasteiger charge is -2.25. The van der Waals surface area contributed by atoms with Gasteiger partial charge in [0.05, 0.1) is 0 Å². The number of nitrogens with two attached hydrogens (primary N) is 1. The van der Waals surface area contributed by atoms with Crippen LogP contribution in [0.25, 0.3) is 0 Å². The Labute approximate surface area is 129 Å². The summed E-state index contributed by atoms with van der Waals surface area (Å²) in [6.45, 7) is 11.8. The molecule has 0 bridgehead atoms. The maximum atomic E-state index is 5.85.